The van der Waals surface area contributed by atoms with Gasteiger partial charge in [-0.25, -0.2) is 0 Å². The topological polar surface area (TPSA) is 53.6 Å². The van der Waals surface area contributed by atoms with Crippen LogP contribution >= 0.6 is 12.2 Å². The molecule has 0 spiro atoms. The molecular formula is C11H12N4S. The third-order valence-electron chi connectivity index (χ3n) is 2.35. The Morgan fingerprint density at radius 2 is 2.06 bits per heavy atom. The van der Waals surface area contributed by atoms with Gasteiger partial charge in [0.25, 0.3) is 0 Å². The van der Waals surface area contributed by atoms with E-state index in [1.807, 2.05) is 6.07 Å². The Morgan fingerprint density at radius 3 is 2.75 bits per heavy atom. The lowest BCUT2D eigenvalue weighted by atomic mass is 10.1. The average molecular weight is 232 g/mol. The van der Waals surface area contributed by atoms with Gasteiger partial charge < -0.3 is 5.32 Å². The first-order valence-electron chi connectivity index (χ1n) is 4.91. The molecule has 4 nitrogen and oxygen atoms in total. The number of hydrogen-bond acceptors (Lipinski definition) is 4. The summed E-state index contributed by atoms with van der Waals surface area (Å²) in [6.07, 6.45) is 1.60. The number of rotatable bonds is 2. The molecule has 2 N–H and O–H groups in total. The molecule has 0 atom stereocenters. The summed E-state index contributed by atoms with van der Waals surface area (Å²) in [5.74, 6) is 0.645. The summed E-state index contributed by atoms with van der Waals surface area (Å²) >= 11 is 4.89. The number of anilines is 2. The quantitative estimate of drug-likeness (QED) is 0.782. The zero-order valence-corrected chi connectivity index (χ0v) is 9.93. The van der Waals surface area contributed by atoms with Crippen LogP contribution in [0.15, 0.2) is 24.4 Å². The molecule has 0 saturated carbocycles. The molecule has 2 aromatic rings. The summed E-state index contributed by atoms with van der Waals surface area (Å²) in [6.45, 7) is 4.15. The molecule has 1 aromatic carbocycles. The SMILES string of the molecule is Cc1ccc(Nc2cn[nH]c(=S)n2)cc1C. The fourth-order valence-electron chi connectivity index (χ4n) is 1.34. The van der Waals surface area contributed by atoms with Crippen molar-refractivity contribution in [2.75, 3.05) is 5.32 Å². The first-order chi connectivity index (χ1) is 7.65. The van der Waals surface area contributed by atoms with Crippen molar-refractivity contribution in [1.29, 1.82) is 0 Å². The van der Waals surface area contributed by atoms with Crippen molar-refractivity contribution in [2.24, 2.45) is 0 Å². The van der Waals surface area contributed by atoms with Crippen molar-refractivity contribution in [3.05, 3.63) is 40.3 Å². The van der Waals surface area contributed by atoms with E-state index in [0.717, 1.165) is 5.69 Å². The maximum Gasteiger partial charge on any atom is 0.215 e. The average Bonchev–Trinajstić information content (AvgIpc) is 2.24. The molecule has 0 aliphatic heterocycles. The lowest BCUT2D eigenvalue weighted by molar-refractivity contribution is 0.953. The Balaban J connectivity index is 2.27. The first kappa shape index (κ1) is 10.8. The molecule has 0 fully saturated rings. The molecule has 2 rings (SSSR count). The highest BCUT2D eigenvalue weighted by atomic mass is 32.1. The van der Waals surface area contributed by atoms with Crippen LogP contribution in [0, 0.1) is 18.6 Å². The number of benzene rings is 1. The maximum absolute atomic E-state index is 4.89. The van der Waals surface area contributed by atoms with E-state index < -0.39 is 0 Å². The molecule has 82 valence electrons. The Hall–Kier alpha value is -1.75. The summed E-state index contributed by atoms with van der Waals surface area (Å²) < 4.78 is 0.369. The van der Waals surface area contributed by atoms with Crippen molar-refractivity contribution < 1.29 is 0 Å². The van der Waals surface area contributed by atoms with E-state index in [1.54, 1.807) is 6.20 Å². The fraction of sp³-hybridized carbons (Fsp3) is 0.182. The molecule has 0 unspecified atom stereocenters. The van der Waals surface area contributed by atoms with Crippen LogP contribution in [-0.4, -0.2) is 15.2 Å². The van der Waals surface area contributed by atoms with Crippen molar-refractivity contribution >= 4 is 23.7 Å². The summed E-state index contributed by atoms with van der Waals surface area (Å²) in [5.41, 5.74) is 3.49. The second kappa shape index (κ2) is 4.40. The van der Waals surface area contributed by atoms with E-state index in [-0.39, 0.29) is 0 Å². The van der Waals surface area contributed by atoms with Crippen LogP contribution in [0.2, 0.25) is 0 Å². The fourth-order valence-corrected chi connectivity index (χ4v) is 1.49. The van der Waals surface area contributed by atoms with Crippen LogP contribution in [-0.2, 0) is 0 Å². The predicted molar refractivity (Wildman–Crippen MR) is 66.4 cm³/mol. The van der Waals surface area contributed by atoms with Gasteiger partial charge in [0, 0.05) is 5.69 Å². The molecule has 0 saturated heterocycles. The monoisotopic (exact) mass is 232 g/mol. The molecular weight excluding hydrogens is 220 g/mol. The second-order valence-electron chi connectivity index (χ2n) is 3.60. The number of aromatic nitrogens is 3. The van der Waals surface area contributed by atoms with Gasteiger partial charge in [-0.05, 0) is 49.3 Å². The molecule has 0 amide bonds. The number of aryl methyl sites for hydroxylation is 2. The largest absolute Gasteiger partial charge is 0.339 e. The van der Waals surface area contributed by atoms with E-state index in [1.165, 1.54) is 11.1 Å². The highest BCUT2D eigenvalue weighted by molar-refractivity contribution is 7.71. The highest BCUT2D eigenvalue weighted by Crippen LogP contribution is 2.17. The van der Waals surface area contributed by atoms with Gasteiger partial charge in [0.1, 0.15) is 0 Å². The van der Waals surface area contributed by atoms with Gasteiger partial charge in [0.05, 0.1) is 6.20 Å². The molecule has 5 heteroatoms. The molecule has 0 bridgehead atoms. The lowest BCUT2D eigenvalue weighted by Crippen LogP contribution is -1.97. The van der Waals surface area contributed by atoms with Crippen LogP contribution in [0.4, 0.5) is 11.5 Å². The molecule has 0 radical (unpaired) electrons. The smallest absolute Gasteiger partial charge is 0.215 e. The number of nitrogens with zero attached hydrogens (tertiary/aromatic N) is 2. The van der Waals surface area contributed by atoms with Crippen LogP contribution in [0.5, 0.6) is 0 Å². The van der Waals surface area contributed by atoms with Gasteiger partial charge >= 0.3 is 0 Å². The molecule has 16 heavy (non-hydrogen) atoms. The molecule has 1 aromatic heterocycles. The van der Waals surface area contributed by atoms with Crippen LogP contribution in [0.25, 0.3) is 0 Å². The van der Waals surface area contributed by atoms with Gasteiger partial charge in [-0.1, -0.05) is 6.07 Å². The van der Waals surface area contributed by atoms with Crippen molar-refractivity contribution in [3.8, 4) is 0 Å². The maximum atomic E-state index is 4.89. The normalized spacial score (nSPS) is 10.1. The van der Waals surface area contributed by atoms with Crippen LogP contribution < -0.4 is 5.32 Å². The number of H-pyrrole nitrogens is 1. The van der Waals surface area contributed by atoms with E-state index in [0.29, 0.717) is 10.6 Å². The van der Waals surface area contributed by atoms with Crippen LogP contribution in [0.1, 0.15) is 11.1 Å². The van der Waals surface area contributed by atoms with Gasteiger partial charge in [-0.3, -0.25) is 5.10 Å². The van der Waals surface area contributed by atoms with E-state index in [4.69, 9.17) is 12.2 Å². The number of nitrogens with one attached hydrogen (secondary N) is 2. The summed E-state index contributed by atoms with van der Waals surface area (Å²) in [5, 5.41) is 9.61. The summed E-state index contributed by atoms with van der Waals surface area (Å²) in [7, 11) is 0. The zero-order valence-electron chi connectivity index (χ0n) is 9.11. The minimum atomic E-state index is 0.369. The predicted octanol–water partition coefficient (Wildman–Crippen LogP) is 2.89. The van der Waals surface area contributed by atoms with E-state index in [9.17, 15) is 0 Å². The Bertz CT molecular complexity index is 562. The third kappa shape index (κ3) is 2.43. The zero-order chi connectivity index (χ0) is 11.5. The summed E-state index contributed by atoms with van der Waals surface area (Å²) in [6, 6.07) is 6.13. The van der Waals surface area contributed by atoms with E-state index >= 15 is 0 Å². The lowest BCUT2D eigenvalue weighted by Gasteiger charge is -2.07. The third-order valence-corrected chi connectivity index (χ3v) is 2.53. The van der Waals surface area contributed by atoms with Crippen molar-refractivity contribution in [2.45, 2.75) is 13.8 Å². The number of aromatic amines is 1. The van der Waals surface area contributed by atoms with Gasteiger partial charge in [-0.2, -0.15) is 10.1 Å². The van der Waals surface area contributed by atoms with Gasteiger partial charge in [0.2, 0.25) is 4.77 Å². The van der Waals surface area contributed by atoms with Gasteiger partial charge in [0.15, 0.2) is 5.82 Å². The van der Waals surface area contributed by atoms with Gasteiger partial charge in [-0.15, -0.1) is 0 Å². The Morgan fingerprint density at radius 1 is 1.25 bits per heavy atom. The molecule has 0 aliphatic carbocycles. The van der Waals surface area contributed by atoms with Crippen LogP contribution in [0.3, 0.4) is 0 Å². The number of hydrogen-bond donors (Lipinski definition) is 2. The Labute approximate surface area is 98.8 Å². The summed E-state index contributed by atoms with van der Waals surface area (Å²) in [4.78, 5) is 4.11. The minimum absolute atomic E-state index is 0.369. The Kier molecular flexibility index (Phi) is 2.96. The minimum Gasteiger partial charge on any atom is -0.339 e. The second-order valence-corrected chi connectivity index (χ2v) is 3.98. The van der Waals surface area contributed by atoms with Crippen molar-refractivity contribution in [3.63, 3.8) is 0 Å². The molecule has 0 aliphatic rings. The standard InChI is InChI=1S/C11H12N4S/c1-7-3-4-9(5-8(7)2)13-10-6-12-15-11(16)14-10/h3-6H,1-2H3,(H2,13,14,15,16). The van der Waals surface area contributed by atoms with E-state index in [2.05, 4.69) is 46.5 Å². The first-order valence-corrected chi connectivity index (χ1v) is 5.32. The molecule has 1 heterocycles. The van der Waals surface area contributed by atoms with Crippen molar-refractivity contribution in [1.82, 2.24) is 15.2 Å². The highest BCUT2D eigenvalue weighted by Gasteiger charge is 1.98.